The van der Waals surface area contributed by atoms with Crippen LogP contribution in [0.2, 0.25) is 0 Å². The molecular weight excluding hydrogens is 251 g/mol. The second-order valence-electron chi connectivity index (χ2n) is 6.61. The van der Waals surface area contributed by atoms with Gasteiger partial charge in [-0.05, 0) is 49.8 Å². The van der Waals surface area contributed by atoms with E-state index in [0.717, 1.165) is 12.1 Å². The highest BCUT2D eigenvalue weighted by atomic mass is 19.1. The first-order chi connectivity index (χ1) is 9.40. The van der Waals surface area contributed by atoms with Crippen molar-refractivity contribution in [3.63, 3.8) is 0 Å². The Kier molecular flexibility index (Phi) is 4.82. The molecule has 20 heavy (non-hydrogen) atoms. The fourth-order valence-corrected chi connectivity index (χ4v) is 3.61. The lowest BCUT2D eigenvalue weighted by Crippen LogP contribution is -2.51. The van der Waals surface area contributed by atoms with Crippen molar-refractivity contribution in [1.29, 1.82) is 0 Å². The highest BCUT2D eigenvalue weighted by Crippen LogP contribution is 2.35. The molecule has 0 spiro atoms. The summed E-state index contributed by atoms with van der Waals surface area (Å²) in [5, 5.41) is 0. The van der Waals surface area contributed by atoms with Gasteiger partial charge in [-0.25, -0.2) is 4.39 Å². The van der Waals surface area contributed by atoms with Crippen molar-refractivity contribution < 1.29 is 4.39 Å². The number of likely N-dealkylation sites (tertiary alicyclic amines) is 1. The van der Waals surface area contributed by atoms with Crippen LogP contribution in [0.15, 0.2) is 24.3 Å². The van der Waals surface area contributed by atoms with Crippen LogP contribution >= 0.6 is 0 Å². The molecule has 1 aromatic carbocycles. The summed E-state index contributed by atoms with van der Waals surface area (Å²) in [6.45, 7) is 9.92. The van der Waals surface area contributed by atoms with Crippen LogP contribution < -0.4 is 5.73 Å². The third kappa shape index (κ3) is 3.21. The number of hydrogen-bond donors (Lipinski definition) is 1. The van der Waals surface area contributed by atoms with E-state index >= 15 is 0 Å². The van der Waals surface area contributed by atoms with Crippen molar-refractivity contribution >= 4 is 0 Å². The summed E-state index contributed by atoms with van der Waals surface area (Å²) < 4.78 is 13.5. The normalized spacial score (nSPS) is 31.0. The topological polar surface area (TPSA) is 29.3 Å². The number of rotatable bonds is 3. The van der Waals surface area contributed by atoms with Gasteiger partial charge < -0.3 is 5.73 Å². The number of piperidine rings is 1. The van der Waals surface area contributed by atoms with Crippen LogP contribution in [0, 0.1) is 17.7 Å². The maximum Gasteiger partial charge on any atom is 0.123 e. The van der Waals surface area contributed by atoms with E-state index in [0.29, 0.717) is 17.9 Å². The van der Waals surface area contributed by atoms with Gasteiger partial charge in [-0.15, -0.1) is 0 Å². The number of benzene rings is 1. The average Bonchev–Trinajstić information content (AvgIpc) is 2.35. The van der Waals surface area contributed by atoms with Gasteiger partial charge in [0.2, 0.25) is 0 Å². The lowest BCUT2D eigenvalue weighted by molar-refractivity contribution is 0.0313. The van der Waals surface area contributed by atoms with E-state index in [2.05, 4.69) is 25.7 Å². The van der Waals surface area contributed by atoms with Gasteiger partial charge >= 0.3 is 0 Å². The van der Waals surface area contributed by atoms with E-state index in [-0.39, 0.29) is 17.9 Å². The Bertz CT molecular complexity index is 446. The lowest BCUT2D eigenvalue weighted by atomic mass is 9.83. The molecule has 0 radical (unpaired) electrons. The Balaban J connectivity index is 2.32. The molecule has 1 saturated heterocycles. The van der Waals surface area contributed by atoms with E-state index < -0.39 is 0 Å². The minimum atomic E-state index is -0.182. The van der Waals surface area contributed by atoms with Gasteiger partial charge in [-0.2, -0.15) is 0 Å². The number of halogens is 1. The van der Waals surface area contributed by atoms with Gasteiger partial charge in [0, 0.05) is 18.6 Å². The van der Waals surface area contributed by atoms with Gasteiger partial charge in [0.05, 0.1) is 6.04 Å². The summed E-state index contributed by atoms with van der Waals surface area (Å²) in [4.78, 5) is 2.47. The van der Waals surface area contributed by atoms with E-state index in [1.54, 1.807) is 12.1 Å². The molecule has 0 amide bonds. The zero-order valence-electron chi connectivity index (χ0n) is 13.0. The Morgan fingerprint density at radius 3 is 2.60 bits per heavy atom. The molecule has 5 unspecified atom stereocenters. The average molecular weight is 278 g/mol. The second kappa shape index (κ2) is 6.23. The van der Waals surface area contributed by atoms with Crippen LogP contribution in [-0.4, -0.2) is 23.5 Å². The highest BCUT2D eigenvalue weighted by molar-refractivity contribution is 5.22. The van der Waals surface area contributed by atoms with E-state index in [1.165, 1.54) is 12.5 Å². The molecular formula is C17H27FN2. The molecule has 0 saturated carbocycles. The first-order valence-corrected chi connectivity index (χ1v) is 7.67. The van der Waals surface area contributed by atoms with Crippen molar-refractivity contribution in [2.75, 3.05) is 6.54 Å². The van der Waals surface area contributed by atoms with Crippen LogP contribution in [0.4, 0.5) is 4.39 Å². The summed E-state index contributed by atoms with van der Waals surface area (Å²) in [7, 11) is 0. The maximum atomic E-state index is 13.5. The van der Waals surface area contributed by atoms with Crippen molar-refractivity contribution in [3.05, 3.63) is 35.6 Å². The molecule has 1 aliphatic heterocycles. The fourth-order valence-electron chi connectivity index (χ4n) is 3.61. The van der Waals surface area contributed by atoms with Gasteiger partial charge in [-0.3, -0.25) is 4.90 Å². The quantitative estimate of drug-likeness (QED) is 0.915. The molecule has 0 bridgehead atoms. The first-order valence-electron chi connectivity index (χ1n) is 7.67. The number of hydrogen-bond acceptors (Lipinski definition) is 2. The van der Waals surface area contributed by atoms with E-state index in [1.807, 2.05) is 13.0 Å². The lowest BCUT2D eigenvalue weighted by Gasteiger charge is -2.46. The standard InChI is InChI=1S/C17H27FN2/c1-11-8-12(2)14(4)20(10-11)17(13(3)19)15-6-5-7-16(18)9-15/h5-7,9,11-14,17H,8,10,19H2,1-4H3. The monoisotopic (exact) mass is 278 g/mol. The SMILES string of the molecule is CC1CC(C)C(C)N(C(c2cccc(F)c2)C(C)N)C1. The Hall–Kier alpha value is -0.930. The Morgan fingerprint density at radius 2 is 2.00 bits per heavy atom. The molecule has 5 atom stereocenters. The predicted molar refractivity (Wildman–Crippen MR) is 81.9 cm³/mol. The molecule has 2 N–H and O–H groups in total. The summed E-state index contributed by atoms with van der Waals surface area (Å²) >= 11 is 0. The second-order valence-corrected chi connectivity index (χ2v) is 6.61. The Labute approximate surface area is 122 Å². The fraction of sp³-hybridized carbons (Fsp3) is 0.647. The minimum Gasteiger partial charge on any atom is -0.326 e. The van der Waals surface area contributed by atoms with E-state index in [4.69, 9.17) is 5.73 Å². The van der Waals surface area contributed by atoms with Gasteiger partial charge in [-0.1, -0.05) is 26.0 Å². The summed E-state index contributed by atoms with van der Waals surface area (Å²) in [5.74, 6) is 1.13. The molecule has 112 valence electrons. The molecule has 1 heterocycles. The summed E-state index contributed by atoms with van der Waals surface area (Å²) in [6.07, 6.45) is 1.26. The van der Waals surface area contributed by atoms with Crippen LogP contribution in [0.3, 0.4) is 0 Å². The number of nitrogens with two attached hydrogens (primary N) is 1. The van der Waals surface area contributed by atoms with Crippen LogP contribution in [0.25, 0.3) is 0 Å². The molecule has 2 nitrogen and oxygen atoms in total. The van der Waals surface area contributed by atoms with Gasteiger partial charge in [0.1, 0.15) is 5.82 Å². The smallest absolute Gasteiger partial charge is 0.123 e. The van der Waals surface area contributed by atoms with Crippen molar-refractivity contribution in [1.82, 2.24) is 4.90 Å². The van der Waals surface area contributed by atoms with Crippen molar-refractivity contribution in [2.24, 2.45) is 17.6 Å². The van der Waals surface area contributed by atoms with Crippen LogP contribution in [0.1, 0.15) is 45.7 Å². The molecule has 0 aromatic heterocycles. The van der Waals surface area contributed by atoms with Crippen molar-refractivity contribution in [2.45, 2.75) is 52.2 Å². The molecule has 2 rings (SSSR count). The minimum absolute atomic E-state index is 0.0169. The molecule has 0 aliphatic carbocycles. The maximum absolute atomic E-state index is 13.5. The summed E-state index contributed by atoms with van der Waals surface area (Å²) in [5.41, 5.74) is 7.23. The number of nitrogens with zero attached hydrogens (tertiary/aromatic N) is 1. The van der Waals surface area contributed by atoms with E-state index in [9.17, 15) is 4.39 Å². The van der Waals surface area contributed by atoms with Crippen LogP contribution in [0.5, 0.6) is 0 Å². The molecule has 1 aliphatic rings. The molecule has 1 fully saturated rings. The zero-order chi connectivity index (χ0) is 14.9. The summed E-state index contributed by atoms with van der Waals surface area (Å²) in [6, 6.07) is 7.44. The third-order valence-electron chi connectivity index (χ3n) is 4.69. The van der Waals surface area contributed by atoms with Gasteiger partial charge in [0.15, 0.2) is 0 Å². The highest BCUT2D eigenvalue weighted by Gasteiger charge is 2.35. The van der Waals surface area contributed by atoms with Gasteiger partial charge in [0.25, 0.3) is 0 Å². The third-order valence-corrected chi connectivity index (χ3v) is 4.69. The molecule has 3 heteroatoms. The van der Waals surface area contributed by atoms with Crippen LogP contribution in [-0.2, 0) is 0 Å². The molecule has 1 aromatic rings. The first kappa shape index (κ1) is 15.5. The largest absolute Gasteiger partial charge is 0.326 e. The predicted octanol–water partition coefficient (Wildman–Crippen LogP) is 3.58. The zero-order valence-corrected chi connectivity index (χ0v) is 13.0. The van der Waals surface area contributed by atoms with Crippen molar-refractivity contribution in [3.8, 4) is 0 Å². The Morgan fingerprint density at radius 1 is 1.30 bits per heavy atom.